The maximum Gasteiger partial charge on any atom is 0.293 e. The average Bonchev–Trinajstić information content (AvgIpc) is 3.22. The first-order valence-corrected chi connectivity index (χ1v) is 12.1. The SMILES string of the molecule is Cc1ccc(C=C2SC(=O)N(CCN3C(=O)SC(=Cc4cccc([N+](=O)[O-])c4)C3=O)C2=O)c(C)c1. The van der Waals surface area contributed by atoms with Gasteiger partial charge in [0.25, 0.3) is 28.0 Å². The summed E-state index contributed by atoms with van der Waals surface area (Å²) in [5, 5.41) is 9.96. The first kappa shape index (κ1) is 24.4. The largest absolute Gasteiger partial charge is 0.293 e. The minimum atomic E-state index is -0.579. The summed E-state index contributed by atoms with van der Waals surface area (Å²) in [4.78, 5) is 63.2. The van der Waals surface area contributed by atoms with Gasteiger partial charge in [0.2, 0.25) is 0 Å². The van der Waals surface area contributed by atoms with E-state index in [-0.39, 0.29) is 28.6 Å². The average molecular weight is 510 g/mol. The maximum atomic E-state index is 12.8. The van der Waals surface area contributed by atoms with Crippen molar-refractivity contribution < 1.29 is 24.1 Å². The zero-order chi connectivity index (χ0) is 25.3. The number of amides is 4. The minimum Gasteiger partial charge on any atom is -0.268 e. The van der Waals surface area contributed by atoms with Crippen LogP contribution < -0.4 is 0 Å². The highest BCUT2D eigenvalue weighted by Crippen LogP contribution is 2.35. The van der Waals surface area contributed by atoms with Crippen LogP contribution in [0.25, 0.3) is 12.2 Å². The van der Waals surface area contributed by atoms with Crippen molar-refractivity contribution in [1.82, 2.24) is 9.80 Å². The van der Waals surface area contributed by atoms with E-state index in [9.17, 15) is 29.3 Å². The fraction of sp³-hybridized carbons (Fsp3) is 0.167. The van der Waals surface area contributed by atoms with Gasteiger partial charge in [0.1, 0.15) is 0 Å². The van der Waals surface area contributed by atoms with Crippen LogP contribution in [-0.2, 0) is 9.59 Å². The molecule has 0 aromatic heterocycles. The third-order valence-electron chi connectivity index (χ3n) is 5.39. The molecule has 0 spiro atoms. The summed E-state index contributed by atoms with van der Waals surface area (Å²) < 4.78 is 0. The smallest absolute Gasteiger partial charge is 0.268 e. The molecule has 2 saturated heterocycles. The molecule has 11 heteroatoms. The monoisotopic (exact) mass is 509 g/mol. The van der Waals surface area contributed by atoms with Gasteiger partial charge in [-0.1, -0.05) is 35.9 Å². The molecule has 0 N–H and O–H groups in total. The van der Waals surface area contributed by atoms with E-state index in [1.807, 2.05) is 32.0 Å². The summed E-state index contributed by atoms with van der Waals surface area (Å²) >= 11 is 1.52. The van der Waals surface area contributed by atoms with Gasteiger partial charge in [-0.3, -0.25) is 39.1 Å². The van der Waals surface area contributed by atoms with E-state index in [1.54, 1.807) is 12.1 Å². The topological polar surface area (TPSA) is 118 Å². The lowest BCUT2D eigenvalue weighted by atomic mass is 10.1. The fourth-order valence-corrected chi connectivity index (χ4v) is 5.31. The Morgan fingerprint density at radius 2 is 1.46 bits per heavy atom. The number of benzene rings is 2. The molecule has 35 heavy (non-hydrogen) atoms. The molecular formula is C24H19N3O6S2. The van der Waals surface area contributed by atoms with Gasteiger partial charge < -0.3 is 0 Å². The zero-order valence-electron chi connectivity index (χ0n) is 18.7. The lowest BCUT2D eigenvalue weighted by Crippen LogP contribution is -2.39. The molecule has 0 radical (unpaired) electrons. The Hall–Kier alpha value is -3.70. The Morgan fingerprint density at radius 3 is 2.03 bits per heavy atom. The van der Waals surface area contributed by atoms with Crippen LogP contribution in [0.1, 0.15) is 22.3 Å². The van der Waals surface area contributed by atoms with Gasteiger partial charge in [-0.25, -0.2) is 0 Å². The first-order valence-electron chi connectivity index (χ1n) is 10.5. The third kappa shape index (κ3) is 5.20. The number of non-ortho nitro benzene ring substituents is 1. The number of carbonyl (C=O) groups excluding carboxylic acids is 4. The molecular weight excluding hydrogens is 490 g/mol. The summed E-state index contributed by atoms with van der Waals surface area (Å²) in [5.74, 6) is -1.05. The number of imide groups is 2. The molecule has 4 rings (SSSR count). The second-order valence-electron chi connectivity index (χ2n) is 7.88. The molecule has 0 saturated carbocycles. The van der Waals surface area contributed by atoms with Crippen molar-refractivity contribution in [2.45, 2.75) is 13.8 Å². The molecule has 178 valence electrons. The van der Waals surface area contributed by atoms with Crippen molar-refractivity contribution in [2.75, 3.05) is 13.1 Å². The molecule has 2 aromatic carbocycles. The van der Waals surface area contributed by atoms with Crippen molar-refractivity contribution in [1.29, 1.82) is 0 Å². The van der Waals surface area contributed by atoms with Crippen LogP contribution in [0.3, 0.4) is 0 Å². The summed E-state index contributed by atoms with van der Waals surface area (Å²) in [5.41, 5.74) is 3.17. The van der Waals surface area contributed by atoms with E-state index < -0.39 is 27.2 Å². The second-order valence-corrected chi connectivity index (χ2v) is 9.87. The minimum absolute atomic E-state index is 0.111. The van der Waals surface area contributed by atoms with Gasteiger partial charge in [0.15, 0.2) is 0 Å². The Morgan fingerprint density at radius 1 is 0.857 bits per heavy atom. The van der Waals surface area contributed by atoms with E-state index >= 15 is 0 Å². The quantitative estimate of drug-likeness (QED) is 0.304. The van der Waals surface area contributed by atoms with Crippen molar-refractivity contribution in [3.05, 3.63) is 84.6 Å². The van der Waals surface area contributed by atoms with Crippen LogP contribution in [0.2, 0.25) is 0 Å². The number of nitro groups is 1. The number of thioether (sulfide) groups is 2. The van der Waals surface area contributed by atoms with Gasteiger partial charge in [0.05, 0.1) is 14.7 Å². The van der Waals surface area contributed by atoms with Gasteiger partial charge in [-0.15, -0.1) is 0 Å². The molecule has 0 atom stereocenters. The highest BCUT2D eigenvalue weighted by molar-refractivity contribution is 8.18. The number of nitro benzene ring substituents is 1. The van der Waals surface area contributed by atoms with Crippen molar-refractivity contribution in [2.24, 2.45) is 0 Å². The normalized spacial score (nSPS) is 18.5. The molecule has 0 aliphatic carbocycles. The zero-order valence-corrected chi connectivity index (χ0v) is 20.4. The molecule has 2 aliphatic heterocycles. The van der Waals surface area contributed by atoms with Crippen molar-refractivity contribution >= 4 is 63.7 Å². The molecule has 2 fully saturated rings. The molecule has 4 amide bonds. The van der Waals surface area contributed by atoms with Crippen LogP contribution in [0.5, 0.6) is 0 Å². The lowest BCUT2D eigenvalue weighted by Gasteiger charge is -2.17. The van der Waals surface area contributed by atoms with E-state index in [0.717, 1.165) is 38.3 Å². The van der Waals surface area contributed by atoms with Crippen LogP contribution in [0, 0.1) is 24.0 Å². The van der Waals surface area contributed by atoms with Crippen LogP contribution in [0.15, 0.2) is 52.3 Å². The summed E-state index contributed by atoms with van der Waals surface area (Å²) in [7, 11) is 0. The molecule has 9 nitrogen and oxygen atoms in total. The number of nitrogens with zero attached hydrogens (tertiary/aromatic N) is 3. The number of hydrogen-bond acceptors (Lipinski definition) is 8. The molecule has 2 aliphatic rings. The fourth-order valence-electron chi connectivity index (χ4n) is 3.59. The van der Waals surface area contributed by atoms with E-state index in [1.165, 1.54) is 24.3 Å². The van der Waals surface area contributed by atoms with Crippen molar-refractivity contribution in [3.63, 3.8) is 0 Å². The number of carbonyl (C=O) groups is 4. The van der Waals surface area contributed by atoms with Crippen LogP contribution >= 0.6 is 23.5 Å². The predicted octanol–water partition coefficient (Wildman–Crippen LogP) is 4.98. The standard InChI is InChI=1S/C24H19N3O6S2/c1-14-6-7-17(15(2)10-14)13-20-22(29)26(24(31)35-20)9-8-25-21(28)19(34-23(25)30)12-16-4-3-5-18(11-16)27(32)33/h3-7,10-13H,8-9H2,1-2H3. The summed E-state index contributed by atoms with van der Waals surface area (Å²) in [6, 6.07) is 11.5. The second kappa shape index (κ2) is 9.88. The molecule has 2 heterocycles. The number of rotatable bonds is 6. The predicted molar refractivity (Wildman–Crippen MR) is 134 cm³/mol. The van der Waals surface area contributed by atoms with E-state index in [4.69, 9.17) is 0 Å². The molecule has 2 aromatic rings. The van der Waals surface area contributed by atoms with Crippen molar-refractivity contribution in [3.8, 4) is 0 Å². The molecule has 0 bridgehead atoms. The number of aryl methyl sites for hydroxylation is 2. The summed E-state index contributed by atoms with van der Waals surface area (Å²) in [6.45, 7) is 3.61. The van der Waals surface area contributed by atoms with E-state index in [0.29, 0.717) is 17.3 Å². The first-order chi connectivity index (χ1) is 16.6. The Balaban J connectivity index is 1.45. The highest BCUT2D eigenvalue weighted by atomic mass is 32.2. The van der Waals surface area contributed by atoms with Gasteiger partial charge >= 0.3 is 0 Å². The number of hydrogen-bond donors (Lipinski definition) is 0. The third-order valence-corrected chi connectivity index (χ3v) is 7.20. The van der Waals surface area contributed by atoms with Gasteiger partial charge in [0, 0.05) is 25.2 Å². The maximum absolute atomic E-state index is 12.8. The van der Waals surface area contributed by atoms with Crippen LogP contribution in [-0.4, -0.2) is 50.1 Å². The van der Waals surface area contributed by atoms with E-state index in [2.05, 4.69) is 0 Å². The van der Waals surface area contributed by atoms with Gasteiger partial charge in [-0.05, 0) is 66.2 Å². The Labute approximate surface area is 209 Å². The van der Waals surface area contributed by atoms with Gasteiger partial charge in [-0.2, -0.15) is 0 Å². The lowest BCUT2D eigenvalue weighted by molar-refractivity contribution is -0.384. The Kier molecular flexibility index (Phi) is 6.90. The molecule has 0 unspecified atom stereocenters. The Bertz CT molecular complexity index is 1350. The highest BCUT2D eigenvalue weighted by Gasteiger charge is 2.39. The van der Waals surface area contributed by atoms with Crippen LogP contribution in [0.4, 0.5) is 15.3 Å². The summed E-state index contributed by atoms with van der Waals surface area (Å²) in [6.07, 6.45) is 3.08.